The Morgan fingerprint density at radius 1 is 1.31 bits per heavy atom. The summed E-state index contributed by atoms with van der Waals surface area (Å²) in [6.07, 6.45) is -0.409. The topological polar surface area (TPSA) is 43.4 Å². The number of hydrogen-bond acceptors (Lipinski definition) is 3. The van der Waals surface area contributed by atoms with Gasteiger partial charge in [0.15, 0.2) is 0 Å². The maximum atomic E-state index is 13.2. The zero-order valence-electron chi connectivity index (χ0n) is 8.34. The predicted octanol–water partition coefficient (Wildman–Crippen LogP) is 1.82. The molecule has 16 heavy (non-hydrogen) atoms. The second-order valence-corrected chi connectivity index (χ2v) is 4.55. The molecular formula is C9H9F3O3S. The molecule has 0 radical (unpaired) electrons. The molecule has 0 aliphatic rings. The highest BCUT2D eigenvalue weighted by Crippen LogP contribution is 2.24. The largest absolute Gasteiger partial charge is 0.496 e. The number of halogens is 3. The van der Waals surface area contributed by atoms with Gasteiger partial charge in [0.1, 0.15) is 17.4 Å². The normalized spacial score (nSPS) is 11.5. The lowest BCUT2D eigenvalue weighted by molar-refractivity contribution is 0.400. The molecule has 0 saturated heterocycles. The molecular weight excluding hydrogens is 245 g/mol. The Bertz CT molecular complexity index is 485. The molecule has 1 aromatic rings. The van der Waals surface area contributed by atoms with E-state index in [1.165, 1.54) is 7.11 Å². The summed E-state index contributed by atoms with van der Waals surface area (Å²) in [7, 11) is -3.51. The van der Waals surface area contributed by atoms with E-state index >= 15 is 0 Å². The van der Waals surface area contributed by atoms with Gasteiger partial charge in [-0.1, -0.05) is 0 Å². The number of methoxy groups -OCH3 is 1. The minimum absolute atomic E-state index is 0.138. The Kier molecular flexibility index (Phi) is 3.79. The maximum Gasteiger partial charge on any atom is 0.302 e. The van der Waals surface area contributed by atoms with Gasteiger partial charge < -0.3 is 4.74 Å². The Morgan fingerprint density at radius 2 is 1.94 bits per heavy atom. The lowest BCUT2D eigenvalue weighted by Crippen LogP contribution is -2.06. The van der Waals surface area contributed by atoms with Crippen LogP contribution in [0.3, 0.4) is 0 Å². The molecule has 0 heterocycles. The summed E-state index contributed by atoms with van der Waals surface area (Å²) in [6.45, 7) is 0. The number of hydrogen-bond donors (Lipinski definition) is 0. The number of ether oxygens (including phenoxy) is 1. The average molecular weight is 254 g/mol. The Morgan fingerprint density at radius 3 is 2.44 bits per heavy atom. The van der Waals surface area contributed by atoms with Crippen molar-refractivity contribution in [1.29, 1.82) is 0 Å². The molecule has 0 aliphatic heterocycles. The second-order valence-electron chi connectivity index (χ2n) is 3.06. The van der Waals surface area contributed by atoms with Crippen molar-refractivity contribution < 1.29 is 25.8 Å². The molecule has 3 nitrogen and oxygen atoms in total. The van der Waals surface area contributed by atoms with Crippen LogP contribution in [0.4, 0.5) is 12.7 Å². The van der Waals surface area contributed by atoms with Gasteiger partial charge in [-0.05, 0) is 6.42 Å². The number of benzene rings is 1. The van der Waals surface area contributed by atoms with Gasteiger partial charge in [0, 0.05) is 17.7 Å². The van der Waals surface area contributed by atoms with Crippen LogP contribution < -0.4 is 4.74 Å². The Hall–Kier alpha value is -1.24. The highest BCUT2D eigenvalue weighted by molar-refractivity contribution is 7.86. The first-order valence-electron chi connectivity index (χ1n) is 4.27. The fourth-order valence-corrected chi connectivity index (χ4v) is 1.68. The molecule has 0 spiro atoms. The molecule has 0 aliphatic carbocycles. The lowest BCUT2D eigenvalue weighted by atomic mass is 10.1. The fraction of sp³-hybridized carbons (Fsp3) is 0.333. The van der Waals surface area contributed by atoms with Crippen LogP contribution in [0.2, 0.25) is 0 Å². The van der Waals surface area contributed by atoms with Crippen molar-refractivity contribution >= 4 is 10.2 Å². The Labute approximate surface area is 91.1 Å². The summed E-state index contributed by atoms with van der Waals surface area (Å²) in [4.78, 5) is 0. The standard InChI is InChI=1S/C9H9F3O3S/c1-15-9-5-6(10)4-8(11)7(9)2-3-16(12,13)14/h4-5H,2-3H2,1H3. The predicted molar refractivity (Wildman–Crippen MR) is 51.5 cm³/mol. The third-order valence-electron chi connectivity index (χ3n) is 1.94. The molecule has 0 atom stereocenters. The third-order valence-corrected chi connectivity index (χ3v) is 2.63. The summed E-state index contributed by atoms with van der Waals surface area (Å²) in [5.41, 5.74) is -0.162. The second kappa shape index (κ2) is 4.73. The van der Waals surface area contributed by atoms with Gasteiger partial charge in [0.2, 0.25) is 0 Å². The Balaban J connectivity index is 3.03. The van der Waals surface area contributed by atoms with Crippen LogP contribution in [-0.2, 0) is 16.6 Å². The molecule has 1 aromatic carbocycles. The number of rotatable bonds is 4. The van der Waals surface area contributed by atoms with Crippen molar-refractivity contribution in [3.05, 3.63) is 29.3 Å². The quantitative estimate of drug-likeness (QED) is 0.770. The van der Waals surface area contributed by atoms with Crippen LogP contribution in [-0.4, -0.2) is 21.3 Å². The van der Waals surface area contributed by atoms with E-state index in [0.717, 1.165) is 6.07 Å². The zero-order chi connectivity index (χ0) is 12.3. The molecule has 0 unspecified atom stereocenters. The first-order chi connectivity index (χ1) is 7.33. The van der Waals surface area contributed by atoms with Gasteiger partial charge >= 0.3 is 10.2 Å². The first-order valence-corrected chi connectivity index (χ1v) is 5.83. The van der Waals surface area contributed by atoms with Gasteiger partial charge in [-0.2, -0.15) is 8.42 Å². The fourth-order valence-electron chi connectivity index (χ4n) is 1.23. The van der Waals surface area contributed by atoms with Crippen molar-refractivity contribution in [2.45, 2.75) is 6.42 Å². The van der Waals surface area contributed by atoms with Gasteiger partial charge in [-0.3, -0.25) is 0 Å². The lowest BCUT2D eigenvalue weighted by Gasteiger charge is -2.08. The van der Waals surface area contributed by atoms with Crippen LogP contribution in [0, 0.1) is 11.6 Å². The van der Waals surface area contributed by atoms with Crippen molar-refractivity contribution in [2.24, 2.45) is 0 Å². The summed E-state index contributed by atoms with van der Waals surface area (Å²) < 4.78 is 63.5. The molecule has 90 valence electrons. The van der Waals surface area contributed by atoms with Gasteiger partial charge in [0.25, 0.3) is 0 Å². The van der Waals surface area contributed by atoms with Crippen molar-refractivity contribution in [3.63, 3.8) is 0 Å². The molecule has 0 saturated carbocycles. The molecule has 0 bridgehead atoms. The van der Waals surface area contributed by atoms with E-state index in [-0.39, 0.29) is 11.3 Å². The van der Waals surface area contributed by atoms with E-state index in [1.807, 2.05) is 0 Å². The van der Waals surface area contributed by atoms with Crippen molar-refractivity contribution in [2.75, 3.05) is 12.9 Å². The zero-order valence-corrected chi connectivity index (χ0v) is 9.15. The molecule has 0 fully saturated rings. The van der Waals surface area contributed by atoms with E-state index in [9.17, 15) is 21.1 Å². The highest BCUT2D eigenvalue weighted by Gasteiger charge is 2.15. The molecule has 0 amide bonds. The van der Waals surface area contributed by atoms with E-state index in [1.54, 1.807) is 0 Å². The first kappa shape index (κ1) is 12.8. The molecule has 0 aromatic heterocycles. The van der Waals surface area contributed by atoms with Gasteiger partial charge in [-0.15, -0.1) is 3.89 Å². The maximum absolute atomic E-state index is 13.2. The SMILES string of the molecule is COc1cc(F)cc(F)c1CCS(=O)(=O)F. The molecule has 7 heteroatoms. The van der Waals surface area contributed by atoms with Crippen LogP contribution in [0.15, 0.2) is 12.1 Å². The minimum Gasteiger partial charge on any atom is -0.496 e. The van der Waals surface area contributed by atoms with Gasteiger partial charge in [0.05, 0.1) is 12.9 Å². The van der Waals surface area contributed by atoms with Crippen LogP contribution in [0.1, 0.15) is 5.56 Å². The minimum atomic E-state index is -4.69. The van der Waals surface area contributed by atoms with E-state index in [4.69, 9.17) is 0 Å². The summed E-state index contributed by atoms with van der Waals surface area (Å²) in [5.74, 6) is -2.81. The summed E-state index contributed by atoms with van der Waals surface area (Å²) in [5, 5.41) is 0. The highest BCUT2D eigenvalue weighted by atomic mass is 32.3. The van der Waals surface area contributed by atoms with Crippen molar-refractivity contribution in [1.82, 2.24) is 0 Å². The van der Waals surface area contributed by atoms with Crippen LogP contribution >= 0.6 is 0 Å². The summed E-state index contributed by atoms with van der Waals surface area (Å²) >= 11 is 0. The van der Waals surface area contributed by atoms with E-state index in [0.29, 0.717) is 6.07 Å². The smallest absolute Gasteiger partial charge is 0.302 e. The van der Waals surface area contributed by atoms with E-state index in [2.05, 4.69) is 4.74 Å². The van der Waals surface area contributed by atoms with Crippen LogP contribution in [0.25, 0.3) is 0 Å². The average Bonchev–Trinajstić information content (AvgIpc) is 2.13. The summed E-state index contributed by atoms with van der Waals surface area (Å²) in [6, 6.07) is 1.49. The molecule has 1 rings (SSSR count). The van der Waals surface area contributed by atoms with E-state index < -0.39 is 34.0 Å². The monoisotopic (exact) mass is 254 g/mol. The van der Waals surface area contributed by atoms with Gasteiger partial charge in [-0.25, -0.2) is 8.78 Å². The van der Waals surface area contributed by atoms with Crippen molar-refractivity contribution in [3.8, 4) is 5.75 Å². The molecule has 0 N–H and O–H groups in total. The van der Waals surface area contributed by atoms with Crippen LogP contribution in [0.5, 0.6) is 5.75 Å². The third kappa shape index (κ3) is 3.41.